The van der Waals surface area contributed by atoms with Crippen LogP contribution in [0.5, 0.6) is 5.75 Å². The number of hydrogen-bond donors (Lipinski definition) is 0. The number of hydrogen-bond acceptors (Lipinski definition) is 4. The molecule has 0 aliphatic carbocycles. The van der Waals surface area contributed by atoms with Gasteiger partial charge in [-0.2, -0.15) is 0 Å². The Morgan fingerprint density at radius 3 is 2.45 bits per heavy atom. The minimum Gasteiger partial charge on any atom is -0.488 e. The van der Waals surface area contributed by atoms with Gasteiger partial charge in [-0.15, -0.1) is 0 Å². The number of benzene rings is 3. The predicted molar refractivity (Wildman–Crippen MR) is 138 cm³/mol. The molecule has 0 atom stereocenters. The standard InChI is InChI=1S/C24H15BrCl3NO3S/c25-18-9-14(5-8-21(18)32-13-16-6-7-17(26)11-20(16)28)10-22-23(30)29(24(31)33-22)12-15-3-1-2-4-19(15)27/h1-11H,12-13H2/b22-10+. The van der Waals surface area contributed by atoms with E-state index < -0.39 is 0 Å². The second-order valence-corrected chi connectivity index (χ2v) is 10.2. The summed E-state index contributed by atoms with van der Waals surface area (Å²) in [6.45, 7) is 0.403. The normalized spacial score (nSPS) is 14.9. The molecular formula is C24H15BrCl3NO3S. The lowest BCUT2D eigenvalue weighted by Gasteiger charge is -2.13. The summed E-state index contributed by atoms with van der Waals surface area (Å²) in [6.07, 6.45) is 1.68. The zero-order chi connectivity index (χ0) is 23.5. The van der Waals surface area contributed by atoms with Gasteiger partial charge in [0.1, 0.15) is 12.4 Å². The van der Waals surface area contributed by atoms with Crippen LogP contribution in [0.1, 0.15) is 16.7 Å². The fraction of sp³-hybridized carbons (Fsp3) is 0.0833. The van der Waals surface area contributed by atoms with Crippen molar-refractivity contribution in [2.45, 2.75) is 13.2 Å². The van der Waals surface area contributed by atoms with Crippen LogP contribution >= 0.6 is 62.5 Å². The molecule has 4 nitrogen and oxygen atoms in total. The number of nitrogens with zero attached hydrogens (tertiary/aromatic N) is 1. The Balaban J connectivity index is 1.46. The molecule has 2 amide bonds. The molecule has 33 heavy (non-hydrogen) atoms. The Morgan fingerprint density at radius 1 is 0.939 bits per heavy atom. The van der Waals surface area contributed by atoms with E-state index in [-0.39, 0.29) is 24.3 Å². The number of ether oxygens (including phenoxy) is 1. The molecule has 1 aliphatic heterocycles. The number of halogens is 4. The first-order valence-electron chi connectivity index (χ1n) is 9.67. The maximum absolute atomic E-state index is 12.8. The van der Waals surface area contributed by atoms with Crippen LogP contribution in [-0.4, -0.2) is 16.0 Å². The average molecular weight is 584 g/mol. The van der Waals surface area contributed by atoms with E-state index in [1.807, 2.05) is 24.3 Å². The van der Waals surface area contributed by atoms with Crippen LogP contribution in [-0.2, 0) is 17.9 Å². The summed E-state index contributed by atoms with van der Waals surface area (Å²) in [5.74, 6) is 0.267. The summed E-state index contributed by atoms with van der Waals surface area (Å²) in [5, 5.41) is 1.28. The van der Waals surface area contributed by atoms with Crippen molar-refractivity contribution in [2.75, 3.05) is 0 Å². The number of amides is 2. The summed E-state index contributed by atoms with van der Waals surface area (Å²) in [7, 11) is 0. The second-order valence-electron chi connectivity index (χ2n) is 7.07. The Kier molecular flexibility index (Phi) is 7.72. The molecule has 1 fully saturated rings. The monoisotopic (exact) mass is 581 g/mol. The molecule has 1 saturated heterocycles. The number of carbonyl (C=O) groups is 2. The van der Waals surface area contributed by atoms with E-state index in [1.165, 1.54) is 4.90 Å². The Labute approximate surface area is 218 Å². The molecule has 168 valence electrons. The number of rotatable bonds is 6. The minimum atomic E-state index is -0.348. The van der Waals surface area contributed by atoms with E-state index in [4.69, 9.17) is 39.5 Å². The van der Waals surface area contributed by atoms with Crippen LogP contribution in [0, 0.1) is 0 Å². The molecule has 0 radical (unpaired) electrons. The molecule has 1 heterocycles. The van der Waals surface area contributed by atoms with Gasteiger partial charge in [0.2, 0.25) is 0 Å². The second kappa shape index (κ2) is 10.5. The SMILES string of the molecule is O=C1S/C(=C/c2ccc(OCc3ccc(Cl)cc3Cl)c(Br)c2)C(=O)N1Cc1ccccc1Cl. The highest BCUT2D eigenvalue weighted by Crippen LogP contribution is 2.35. The molecule has 0 saturated carbocycles. The molecule has 0 bridgehead atoms. The van der Waals surface area contributed by atoms with Crippen molar-refractivity contribution in [1.29, 1.82) is 0 Å². The Bertz CT molecular complexity index is 1280. The van der Waals surface area contributed by atoms with Gasteiger partial charge < -0.3 is 4.74 Å². The molecule has 0 N–H and O–H groups in total. The molecule has 0 unspecified atom stereocenters. The quantitative estimate of drug-likeness (QED) is 0.274. The van der Waals surface area contributed by atoms with Crippen LogP contribution in [0.15, 0.2) is 70.0 Å². The molecule has 4 rings (SSSR count). The first-order chi connectivity index (χ1) is 15.8. The molecular weight excluding hydrogens is 569 g/mol. The van der Waals surface area contributed by atoms with Crippen molar-refractivity contribution in [1.82, 2.24) is 4.90 Å². The van der Waals surface area contributed by atoms with Gasteiger partial charge in [-0.1, -0.05) is 65.1 Å². The molecule has 0 spiro atoms. The van der Waals surface area contributed by atoms with E-state index in [1.54, 1.807) is 42.5 Å². The van der Waals surface area contributed by atoms with Gasteiger partial charge in [0.05, 0.1) is 15.9 Å². The molecule has 9 heteroatoms. The van der Waals surface area contributed by atoms with E-state index in [9.17, 15) is 9.59 Å². The third kappa shape index (κ3) is 5.76. The summed E-state index contributed by atoms with van der Waals surface area (Å²) in [6, 6.07) is 17.8. The lowest BCUT2D eigenvalue weighted by molar-refractivity contribution is -0.123. The smallest absolute Gasteiger partial charge is 0.293 e. The van der Waals surface area contributed by atoms with Gasteiger partial charge >= 0.3 is 0 Å². The van der Waals surface area contributed by atoms with Crippen molar-refractivity contribution >= 4 is 79.7 Å². The van der Waals surface area contributed by atoms with Crippen molar-refractivity contribution in [3.8, 4) is 5.75 Å². The van der Waals surface area contributed by atoms with Crippen molar-refractivity contribution in [3.05, 3.63) is 102 Å². The molecule has 1 aliphatic rings. The fourth-order valence-corrected chi connectivity index (χ4v) is 5.11. The van der Waals surface area contributed by atoms with Gasteiger partial charge in [0.15, 0.2) is 0 Å². The zero-order valence-corrected chi connectivity index (χ0v) is 21.5. The average Bonchev–Trinajstić information content (AvgIpc) is 3.03. The lowest BCUT2D eigenvalue weighted by Crippen LogP contribution is -2.27. The van der Waals surface area contributed by atoms with Crippen LogP contribution < -0.4 is 4.74 Å². The number of imide groups is 1. The van der Waals surface area contributed by atoms with Crippen LogP contribution in [0.3, 0.4) is 0 Å². The van der Waals surface area contributed by atoms with Gasteiger partial charge in [-0.25, -0.2) is 0 Å². The summed E-state index contributed by atoms with van der Waals surface area (Å²) >= 11 is 22.7. The number of carbonyl (C=O) groups excluding carboxylic acids is 2. The van der Waals surface area contributed by atoms with Crippen molar-refractivity contribution in [2.24, 2.45) is 0 Å². The summed E-state index contributed by atoms with van der Waals surface area (Å²) < 4.78 is 6.56. The highest BCUT2D eigenvalue weighted by molar-refractivity contribution is 9.10. The Morgan fingerprint density at radius 2 is 1.73 bits per heavy atom. The van der Waals surface area contributed by atoms with Gasteiger partial charge in [0, 0.05) is 20.6 Å². The number of thioether (sulfide) groups is 1. The molecule has 3 aromatic carbocycles. The van der Waals surface area contributed by atoms with Crippen LogP contribution in [0.25, 0.3) is 6.08 Å². The molecule has 0 aromatic heterocycles. The maximum Gasteiger partial charge on any atom is 0.293 e. The Hall–Kier alpha value is -1.96. The topological polar surface area (TPSA) is 46.6 Å². The first-order valence-corrected chi connectivity index (χ1v) is 12.4. The van der Waals surface area contributed by atoms with Crippen molar-refractivity contribution < 1.29 is 14.3 Å². The predicted octanol–water partition coefficient (Wildman–Crippen LogP) is 8.22. The summed E-state index contributed by atoms with van der Waals surface area (Å²) in [5.41, 5.74) is 2.28. The zero-order valence-electron chi connectivity index (χ0n) is 16.9. The van der Waals surface area contributed by atoms with Crippen molar-refractivity contribution in [3.63, 3.8) is 0 Å². The first kappa shape index (κ1) is 24.2. The highest BCUT2D eigenvalue weighted by atomic mass is 79.9. The molecule has 3 aromatic rings. The lowest BCUT2D eigenvalue weighted by atomic mass is 10.2. The van der Waals surface area contributed by atoms with Crippen LogP contribution in [0.2, 0.25) is 15.1 Å². The van der Waals surface area contributed by atoms with E-state index in [2.05, 4.69) is 15.9 Å². The highest BCUT2D eigenvalue weighted by Gasteiger charge is 2.35. The van der Waals surface area contributed by atoms with E-state index >= 15 is 0 Å². The van der Waals surface area contributed by atoms with Gasteiger partial charge in [0.25, 0.3) is 11.1 Å². The van der Waals surface area contributed by atoms with Crippen LogP contribution in [0.4, 0.5) is 4.79 Å². The third-order valence-corrected chi connectivity index (χ3v) is 7.29. The van der Waals surface area contributed by atoms with E-state index in [0.29, 0.717) is 35.8 Å². The minimum absolute atomic E-state index is 0.130. The van der Waals surface area contributed by atoms with E-state index in [0.717, 1.165) is 22.9 Å². The maximum atomic E-state index is 12.8. The largest absolute Gasteiger partial charge is 0.488 e. The van der Waals surface area contributed by atoms with Gasteiger partial charge in [-0.05, 0) is 75.2 Å². The fourth-order valence-electron chi connectivity index (χ4n) is 3.10. The third-order valence-electron chi connectivity index (χ3n) is 4.81. The van der Waals surface area contributed by atoms with Gasteiger partial charge in [-0.3, -0.25) is 14.5 Å². The summed E-state index contributed by atoms with van der Waals surface area (Å²) in [4.78, 5) is 26.8.